The Morgan fingerprint density at radius 2 is 2.19 bits per heavy atom. The van der Waals surface area contributed by atoms with E-state index in [1.165, 1.54) is 0 Å². The van der Waals surface area contributed by atoms with Gasteiger partial charge in [0.25, 0.3) is 0 Å². The van der Waals surface area contributed by atoms with Gasteiger partial charge in [-0.25, -0.2) is 0 Å². The molecule has 1 rings (SSSR count). The SMILES string of the molecule is CCOC(=O)CC(N)c1ccc(Cl)cc1Cl. The Morgan fingerprint density at radius 3 is 2.75 bits per heavy atom. The van der Waals surface area contributed by atoms with E-state index in [4.69, 9.17) is 33.7 Å². The van der Waals surface area contributed by atoms with Crippen molar-refractivity contribution in [2.24, 2.45) is 5.73 Å². The normalized spacial score (nSPS) is 12.2. The van der Waals surface area contributed by atoms with Gasteiger partial charge >= 0.3 is 5.97 Å². The van der Waals surface area contributed by atoms with Crippen molar-refractivity contribution in [1.82, 2.24) is 0 Å². The van der Waals surface area contributed by atoms with Gasteiger partial charge in [0.05, 0.1) is 13.0 Å². The third kappa shape index (κ3) is 3.67. The quantitative estimate of drug-likeness (QED) is 0.849. The third-order valence-corrected chi connectivity index (χ3v) is 2.62. The molecule has 0 heterocycles. The number of hydrogen-bond donors (Lipinski definition) is 1. The number of carbonyl (C=O) groups excluding carboxylic acids is 1. The summed E-state index contributed by atoms with van der Waals surface area (Å²) in [6.07, 6.45) is 0.106. The second-order valence-corrected chi connectivity index (χ2v) is 4.13. The summed E-state index contributed by atoms with van der Waals surface area (Å²) in [5, 5.41) is 1.00. The number of benzene rings is 1. The van der Waals surface area contributed by atoms with Crippen LogP contribution in [0.3, 0.4) is 0 Å². The maximum Gasteiger partial charge on any atom is 0.307 e. The molecule has 0 spiro atoms. The molecule has 5 heteroatoms. The molecule has 1 aromatic carbocycles. The second-order valence-electron chi connectivity index (χ2n) is 3.28. The van der Waals surface area contributed by atoms with Crippen LogP contribution in [0.15, 0.2) is 18.2 Å². The van der Waals surface area contributed by atoms with Crippen molar-refractivity contribution >= 4 is 29.2 Å². The first-order chi connectivity index (χ1) is 7.54. The Bertz CT molecular complexity index is 382. The molecule has 88 valence electrons. The molecule has 0 amide bonds. The summed E-state index contributed by atoms with van der Waals surface area (Å²) in [5.41, 5.74) is 6.54. The minimum absolute atomic E-state index is 0.106. The molecule has 1 unspecified atom stereocenters. The van der Waals surface area contributed by atoms with Crippen molar-refractivity contribution in [3.05, 3.63) is 33.8 Å². The average molecular weight is 262 g/mol. The molecule has 0 aromatic heterocycles. The molecule has 3 nitrogen and oxygen atoms in total. The van der Waals surface area contributed by atoms with E-state index in [0.717, 1.165) is 0 Å². The van der Waals surface area contributed by atoms with Gasteiger partial charge in [0.1, 0.15) is 0 Å². The van der Waals surface area contributed by atoms with E-state index in [9.17, 15) is 4.79 Å². The number of hydrogen-bond acceptors (Lipinski definition) is 3. The largest absolute Gasteiger partial charge is 0.466 e. The molecule has 0 saturated heterocycles. The van der Waals surface area contributed by atoms with Crippen LogP contribution in [0.25, 0.3) is 0 Å². The van der Waals surface area contributed by atoms with E-state index in [1.54, 1.807) is 25.1 Å². The van der Waals surface area contributed by atoms with Crippen LogP contribution in [0, 0.1) is 0 Å². The minimum atomic E-state index is -0.469. The smallest absolute Gasteiger partial charge is 0.307 e. The van der Waals surface area contributed by atoms with E-state index in [2.05, 4.69) is 0 Å². The second kappa shape index (κ2) is 6.09. The van der Waals surface area contributed by atoms with E-state index < -0.39 is 6.04 Å². The fourth-order valence-electron chi connectivity index (χ4n) is 1.31. The van der Waals surface area contributed by atoms with Gasteiger partial charge in [0, 0.05) is 16.1 Å². The summed E-state index contributed by atoms with van der Waals surface area (Å²) in [6.45, 7) is 2.10. The lowest BCUT2D eigenvalue weighted by Gasteiger charge is -2.12. The van der Waals surface area contributed by atoms with Gasteiger partial charge < -0.3 is 10.5 Å². The predicted molar refractivity (Wildman–Crippen MR) is 64.6 cm³/mol. The highest BCUT2D eigenvalue weighted by Gasteiger charge is 2.15. The molecule has 0 aliphatic rings. The lowest BCUT2D eigenvalue weighted by molar-refractivity contribution is -0.143. The molecule has 0 bridgehead atoms. The molecular weight excluding hydrogens is 249 g/mol. The highest BCUT2D eigenvalue weighted by molar-refractivity contribution is 6.35. The van der Waals surface area contributed by atoms with E-state index in [1.807, 2.05) is 0 Å². The van der Waals surface area contributed by atoms with Gasteiger partial charge in [-0.2, -0.15) is 0 Å². The number of ether oxygens (including phenoxy) is 1. The topological polar surface area (TPSA) is 52.3 Å². The van der Waals surface area contributed by atoms with Crippen molar-refractivity contribution in [2.45, 2.75) is 19.4 Å². The maximum absolute atomic E-state index is 11.2. The fraction of sp³-hybridized carbons (Fsp3) is 0.364. The number of rotatable bonds is 4. The summed E-state index contributed by atoms with van der Waals surface area (Å²) < 4.78 is 4.81. The lowest BCUT2D eigenvalue weighted by atomic mass is 10.1. The van der Waals surface area contributed by atoms with Crippen LogP contribution in [-0.4, -0.2) is 12.6 Å². The highest BCUT2D eigenvalue weighted by Crippen LogP contribution is 2.26. The van der Waals surface area contributed by atoms with Gasteiger partial charge in [0.15, 0.2) is 0 Å². The van der Waals surface area contributed by atoms with Crippen LogP contribution in [-0.2, 0) is 9.53 Å². The maximum atomic E-state index is 11.2. The van der Waals surface area contributed by atoms with Crippen LogP contribution in [0.5, 0.6) is 0 Å². The highest BCUT2D eigenvalue weighted by atomic mass is 35.5. The average Bonchev–Trinajstić information content (AvgIpc) is 2.17. The van der Waals surface area contributed by atoms with Gasteiger partial charge in [0.2, 0.25) is 0 Å². The van der Waals surface area contributed by atoms with Gasteiger partial charge in [-0.05, 0) is 24.6 Å². The number of nitrogens with two attached hydrogens (primary N) is 1. The van der Waals surface area contributed by atoms with E-state index in [0.29, 0.717) is 22.2 Å². The minimum Gasteiger partial charge on any atom is -0.466 e. The standard InChI is InChI=1S/C11H13Cl2NO2/c1-2-16-11(15)6-10(14)8-4-3-7(12)5-9(8)13/h3-5,10H,2,6,14H2,1H3. The summed E-state index contributed by atoms with van der Waals surface area (Å²) in [7, 11) is 0. The number of halogens is 2. The van der Waals surface area contributed by atoms with Crippen LogP contribution < -0.4 is 5.73 Å². The first kappa shape index (κ1) is 13.3. The first-order valence-electron chi connectivity index (χ1n) is 4.90. The summed E-state index contributed by atoms with van der Waals surface area (Å²) >= 11 is 11.7. The molecule has 0 aliphatic heterocycles. The van der Waals surface area contributed by atoms with E-state index >= 15 is 0 Å². The lowest BCUT2D eigenvalue weighted by Crippen LogP contribution is -2.17. The van der Waals surface area contributed by atoms with Crippen LogP contribution in [0.1, 0.15) is 24.9 Å². The molecule has 0 fully saturated rings. The van der Waals surface area contributed by atoms with Crippen LogP contribution in [0.4, 0.5) is 0 Å². The molecule has 1 atom stereocenters. The molecule has 2 N–H and O–H groups in total. The van der Waals surface area contributed by atoms with Gasteiger partial charge in [-0.15, -0.1) is 0 Å². The Kier molecular flexibility index (Phi) is 5.06. The fourth-order valence-corrected chi connectivity index (χ4v) is 1.86. The van der Waals surface area contributed by atoms with Crippen LogP contribution >= 0.6 is 23.2 Å². The first-order valence-corrected chi connectivity index (χ1v) is 5.66. The van der Waals surface area contributed by atoms with Crippen molar-refractivity contribution in [2.75, 3.05) is 6.61 Å². The van der Waals surface area contributed by atoms with E-state index in [-0.39, 0.29) is 12.4 Å². The Hall–Kier alpha value is -0.770. The predicted octanol–water partition coefficient (Wildman–Crippen LogP) is 2.95. The third-order valence-electron chi connectivity index (χ3n) is 2.05. The van der Waals surface area contributed by atoms with Crippen molar-refractivity contribution in [3.8, 4) is 0 Å². The van der Waals surface area contributed by atoms with Gasteiger partial charge in [-0.1, -0.05) is 29.3 Å². The Labute approximate surface area is 104 Å². The zero-order chi connectivity index (χ0) is 12.1. The number of esters is 1. The van der Waals surface area contributed by atoms with Crippen molar-refractivity contribution in [3.63, 3.8) is 0 Å². The molecule has 16 heavy (non-hydrogen) atoms. The summed E-state index contributed by atoms with van der Waals surface area (Å²) in [4.78, 5) is 11.2. The van der Waals surface area contributed by atoms with Gasteiger partial charge in [-0.3, -0.25) is 4.79 Å². The number of carbonyl (C=O) groups is 1. The zero-order valence-electron chi connectivity index (χ0n) is 8.87. The molecule has 0 aliphatic carbocycles. The van der Waals surface area contributed by atoms with Crippen LogP contribution in [0.2, 0.25) is 10.0 Å². The Morgan fingerprint density at radius 1 is 1.50 bits per heavy atom. The molecule has 1 aromatic rings. The van der Waals surface area contributed by atoms with Crippen molar-refractivity contribution in [1.29, 1.82) is 0 Å². The molecule has 0 saturated carbocycles. The molecular formula is C11H13Cl2NO2. The molecule has 0 radical (unpaired) electrons. The monoisotopic (exact) mass is 261 g/mol. The summed E-state index contributed by atoms with van der Waals surface area (Å²) in [6, 6.07) is 4.54. The summed E-state index contributed by atoms with van der Waals surface area (Å²) in [5.74, 6) is -0.332. The van der Waals surface area contributed by atoms with Crippen molar-refractivity contribution < 1.29 is 9.53 Å². The Balaban J connectivity index is 2.72. The zero-order valence-corrected chi connectivity index (χ0v) is 10.4.